The van der Waals surface area contributed by atoms with Crippen molar-refractivity contribution in [2.75, 3.05) is 0 Å². The first-order valence-corrected chi connectivity index (χ1v) is 6.29. The van der Waals surface area contributed by atoms with Gasteiger partial charge < -0.3 is 15.2 Å². The number of carbonyl (C=O) groups is 1. The summed E-state index contributed by atoms with van der Waals surface area (Å²) in [5, 5.41) is 12.0. The summed E-state index contributed by atoms with van der Waals surface area (Å²) in [6.07, 6.45) is 0.577. The molecule has 1 aromatic rings. The third-order valence-electron chi connectivity index (χ3n) is 3.17. The van der Waals surface area contributed by atoms with E-state index >= 15 is 0 Å². The van der Waals surface area contributed by atoms with E-state index in [4.69, 9.17) is 9.84 Å². The maximum atomic E-state index is 11.8. The molecule has 1 saturated carbocycles. The van der Waals surface area contributed by atoms with Crippen LogP contribution in [0.3, 0.4) is 0 Å². The monoisotopic (exact) mass is 249 g/mol. The molecule has 1 fully saturated rings. The fourth-order valence-corrected chi connectivity index (χ4v) is 1.90. The van der Waals surface area contributed by atoms with Gasteiger partial charge in [-0.25, -0.2) is 0 Å². The lowest BCUT2D eigenvalue weighted by atomic mass is 9.89. The Bertz CT molecular complexity index is 387. The third kappa shape index (κ3) is 3.55. The zero-order valence-corrected chi connectivity index (χ0v) is 10.5. The van der Waals surface area contributed by atoms with Crippen LogP contribution in [0.4, 0.5) is 0 Å². The molecule has 1 atom stereocenters. The zero-order valence-electron chi connectivity index (χ0n) is 10.5. The van der Waals surface area contributed by atoms with E-state index in [0.717, 1.165) is 5.56 Å². The molecular formula is C14H19NO3. The quantitative estimate of drug-likeness (QED) is 0.825. The van der Waals surface area contributed by atoms with E-state index < -0.39 is 6.10 Å². The zero-order chi connectivity index (χ0) is 13.0. The lowest BCUT2D eigenvalue weighted by molar-refractivity contribution is -0.134. The number of hydrogen-bond donors (Lipinski definition) is 2. The van der Waals surface area contributed by atoms with Crippen LogP contribution >= 0.6 is 0 Å². The molecule has 0 radical (unpaired) electrons. The Balaban J connectivity index is 1.71. The molecule has 1 unspecified atom stereocenters. The highest BCUT2D eigenvalue weighted by Crippen LogP contribution is 2.19. The largest absolute Gasteiger partial charge is 0.393 e. The Hall–Kier alpha value is -1.39. The average Bonchev–Trinajstić information content (AvgIpc) is 2.35. The fraction of sp³-hybridized carbons (Fsp3) is 0.500. The number of nitrogens with one attached hydrogen (secondary N) is 1. The lowest BCUT2D eigenvalue weighted by Crippen LogP contribution is -2.49. The molecule has 98 valence electrons. The molecule has 0 bridgehead atoms. The van der Waals surface area contributed by atoms with E-state index in [0.29, 0.717) is 19.4 Å². The summed E-state index contributed by atoms with van der Waals surface area (Å²) < 4.78 is 5.51. The van der Waals surface area contributed by atoms with E-state index in [9.17, 15) is 4.79 Å². The molecule has 0 aromatic heterocycles. The molecule has 1 aliphatic rings. The number of aliphatic hydroxyl groups is 1. The van der Waals surface area contributed by atoms with Crippen LogP contribution in [-0.4, -0.2) is 29.3 Å². The van der Waals surface area contributed by atoms with Crippen molar-refractivity contribution in [3.63, 3.8) is 0 Å². The first kappa shape index (κ1) is 13.1. The number of hydrogen-bond acceptors (Lipinski definition) is 3. The van der Waals surface area contributed by atoms with Gasteiger partial charge in [0.05, 0.1) is 12.7 Å². The van der Waals surface area contributed by atoms with Gasteiger partial charge >= 0.3 is 0 Å². The summed E-state index contributed by atoms with van der Waals surface area (Å²) in [6.45, 7) is 2.18. The molecule has 2 rings (SSSR count). The maximum absolute atomic E-state index is 11.8. The highest BCUT2D eigenvalue weighted by atomic mass is 16.5. The minimum atomic E-state index is -0.469. The Morgan fingerprint density at radius 1 is 1.44 bits per heavy atom. The number of carbonyl (C=O) groups excluding carboxylic acids is 1. The van der Waals surface area contributed by atoms with E-state index in [2.05, 4.69) is 5.32 Å². The Labute approximate surface area is 107 Å². The second-order valence-electron chi connectivity index (χ2n) is 4.77. The van der Waals surface area contributed by atoms with Gasteiger partial charge in [-0.1, -0.05) is 30.3 Å². The summed E-state index contributed by atoms with van der Waals surface area (Å²) in [6, 6.07) is 9.87. The van der Waals surface area contributed by atoms with Crippen LogP contribution in [0.25, 0.3) is 0 Å². The number of ether oxygens (including phenoxy) is 1. The van der Waals surface area contributed by atoms with Crippen molar-refractivity contribution in [3.8, 4) is 0 Å². The van der Waals surface area contributed by atoms with Crippen molar-refractivity contribution in [1.29, 1.82) is 0 Å². The van der Waals surface area contributed by atoms with Crippen molar-refractivity contribution in [2.24, 2.45) is 0 Å². The third-order valence-corrected chi connectivity index (χ3v) is 3.17. The van der Waals surface area contributed by atoms with Crippen LogP contribution < -0.4 is 5.32 Å². The Kier molecular flexibility index (Phi) is 4.33. The lowest BCUT2D eigenvalue weighted by Gasteiger charge is -2.32. The van der Waals surface area contributed by atoms with E-state index in [1.165, 1.54) is 0 Å². The summed E-state index contributed by atoms with van der Waals surface area (Å²) in [5.41, 5.74) is 1.05. The minimum Gasteiger partial charge on any atom is -0.393 e. The van der Waals surface area contributed by atoms with Crippen LogP contribution in [0.15, 0.2) is 30.3 Å². The van der Waals surface area contributed by atoms with Gasteiger partial charge in [-0.15, -0.1) is 0 Å². The van der Waals surface area contributed by atoms with Crippen molar-refractivity contribution in [1.82, 2.24) is 5.32 Å². The summed E-state index contributed by atoms with van der Waals surface area (Å²) >= 11 is 0. The van der Waals surface area contributed by atoms with Crippen LogP contribution in [0.2, 0.25) is 0 Å². The van der Waals surface area contributed by atoms with Gasteiger partial charge in [-0.2, -0.15) is 0 Å². The molecule has 4 heteroatoms. The molecule has 2 N–H and O–H groups in total. The molecule has 0 saturated heterocycles. The average molecular weight is 249 g/mol. The standard InChI is InChI=1S/C14H19NO3/c1-10(14(17)15-12-7-13(16)8-12)18-9-11-5-3-2-4-6-11/h2-6,10,12-13,16H,7-9H2,1H3,(H,15,17). The van der Waals surface area contributed by atoms with Gasteiger partial charge in [-0.05, 0) is 25.3 Å². The van der Waals surface area contributed by atoms with Gasteiger partial charge in [0.2, 0.25) is 5.91 Å². The van der Waals surface area contributed by atoms with Gasteiger partial charge in [0, 0.05) is 6.04 Å². The molecule has 0 heterocycles. The molecule has 4 nitrogen and oxygen atoms in total. The molecule has 1 aliphatic carbocycles. The van der Waals surface area contributed by atoms with Crippen LogP contribution in [-0.2, 0) is 16.1 Å². The smallest absolute Gasteiger partial charge is 0.249 e. The Morgan fingerprint density at radius 3 is 2.72 bits per heavy atom. The van der Waals surface area contributed by atoms with E-state index in [-0.39, 0.29) is 18.1 Å². The Morgan fingerprint density at radius 2 is 2.11 bits per heavy atom. The fourth-order valence-electron chi connectivity index (χ4n) is 1.90. The van der Waals surface area contributed by atoms with Crippen LogP contribution in [0.1, 0.15) is 25.3 Å². The molecule has 1 aromatic carbocycles. The molecule has 18 heavy (non-hydrogen) atoms. The van der Waals surface area contributed by atoms with Crippen molar-refractivity contribution < 1.29 is 14.6 Å². The first-order valence-electron chi connectivity index (χ1n) is 6.29. The van der Waals surface area contributed by atoms with E-state index in [1.54, 1.807) is 6.92 Å². The number of rotatable bonds is 5. The number of aliphatic hydroxyl groups excluding tert-OH is 1. The predicted molar refractivity (Wildman–Crippen MR) is 67.9 cm³/mol. The van der Waals surface area contributed by atoms with Gasteiger partial charge in [0.25, 0.3) is 0 Å². The molecular weight excluding hydrogens is 230 g/mol. The predicted octanol–water partition coefficient (Wildman–Crippen LogP) is 1.23. The van der Waals surface area contributed by atoms with Crippen LogP contribution in [0.5, 0.6) is 0 Å². The summed E-state index contributed by atoms with van der Waals surface area (Å²) in [4.78, 5) is 11.8. The number of amides is 1. The van der Waals surface area contributed by atoms with Crippen molar-refractivity contribution >= 4 is 5.91 Å². The van der Waals surface area contributed by atoms with Gasteiger partial charge in [-0.3, -0.25) is 4.79 Å². The van der Waals surface area contributed by atoms with Gasteiger partial charge in [0.15, 0.2) is 0 Å². The second-order valence-corrected chi connectivity index (χ2v) is 4.77. The second kappa shape index (κ2) is 5.98. The van der Waals surface area contributed by atoms with Crippen molar-refractivity contribution in [2.45, 2.75) is 44.6 Å². The highest BCUT2D eigenvalue weighted by molar-refractivity contribution is 5.80. The first-order chi connectivity index (χ1) is 8.65. The normalized spacial score (nSPS) is 24.1. The van der Waals surface area contributed by atoms with Crippen LogP contribution in [0, 0.1) is 0 Å². The molecule has 0 spiro atoms. The highest BCUT2D eigenvalue weighted by Gasteiger charge is 2.29. The molecule has 1 amide bonds. The topological polar surface area (TPSA) is 58.6 Å². The van der Waals surface area contributed by atoms with Gasteiger partial charge in [0.1, 0.15) is 6.10 Å². The maximum Gasteiger partial charge on any atom is 0.249 e. The minimum absolute atomic E-state index is 0.107. The number of benzene rings is 1. The molecule has 0 aliphatic heterocycles. The summed E-state index contributed by atoms with van der Waals surface area (Å²) in [5.74, 6) is -0.108. The van der Waals surface area contributed by atoms with Crippen molar-refractivity contribution in [3.05, 3.63) is 35.9 Å². The summed E-state index contributed by atoms with van der Waals surface area (Å²) in [7, 11) is 0. The van der Waals surface area contributed by atoms with E-state index in [1.807, 2.05) is 30.3 Å². The SMILES string of the molecule is CC(OCc1ccccc1)C(=O)NC1CC(O)C1.